The molecule has 0 saturated carbocycles. The Balaban J connectivity index is 2.04. The summed E-state index contributed by atoms with van der Waals surface area (Å²) in [5, 5.41) is 2.12. The van der Waals surface area contributed by atoms with Crippen molar-refractivity contribution in [2.45, 2.75) is 24.6 Å². The molecule has 22 heavy (non-hydrogen) atoms. The molecule has 0 spiro atoms. The highest BCUT2D eigenvalue weighted by Crippen LogP contribution is 2.29. The van der Waals surface area contributed by atoms with E-state index in [2.05, 4.69) is 20.0 Å². The van der Waals surface area contributed by atoms with E-state index in [1.54, 1.807) is 0 Å². The van der Waals surface area contributed by atoms with Gasteiger partial charge in [-0.05, 0) is 40.0 Å². The summed E-state index contributed by atoms with van der Waals surface area (Å²) in [5.74, 6) is -1.83. The Morgan fingerprint density at radius 2 is 1.50 bits per heavy atom. The van der Waals surface area contributed by atoms with E-state index in [1.165, 1.54) is 0 Å². The molecule has 0 radical (unpaired) electrons. The standard InChI is InChI=1S/C14H25F3N4O/c1-19-5-3-13(4-6-19,11-18-12(22)14(15,16)17)21-9-7-20(2)8-10-21/h3-11H2,1-2H3,(H,18,22). The van der Waals surface area contributed by atoms with Crippen LogP contribution in [0.1, 0.15) is 12.8 Å². The third kappa shape index (κ3) is 4.11. The van der Waals surface area contributed by atoms with Crippen LogP contribution in [0.2, 0.25) is 0 Å². The lowest BCUT2D eigenvalue weighted by Gasteiger charge is -2.51. The van der Waals surface area contributed by atoms with Crippen LogP contribution in [0, 0.1) is 0 Å². The highest BCUT2D eigenvalue weighted by molar-refractivity contribution is 5.81. The van der Waals surface area contributed by atoms with Crippen LogP contribution in [0.4, 0.5) is 13.2 Å². The van der Waals surface area contributed by atoms with Gasteiger partial charge in [-0.1, -0.05) is 0 Å². The molecule has 0 atom stereocenters. The average molecular weight is 322 g/mol. The molecular weight excluding hydrogens is 297 g/mol. The Hall–Kier alpha value is -0.860. The molecule has 0 aromatic carbocycles. The van der Waals surface area contributed by atoms with Gasteiger partial charge in [0.15, 0.2) is 0 Å². The Kier molecular flexibility index (Phi) is 5.34. The van der Waals surface area contributed by atoms with Gasteiger partial charge in [-0.3, -0.25) is 9.69 Å². The summed E-state index contributed by atoms with van der Waals surface area (Å²) in [4.78, 5) is 17.8. The predicted octanol–water partition coefficient (Wildman–Crippen LogP) is 0.377. The third-order valence-electron chi connectivity index (χ3n) is 4.93. The third-order valence-corrected chi connectivity index (χ3v) is 4.93. The number of carbonyl (C=O) groups is 1. The number of nitrogens with one attached hydrogen (secondary N) is 1. The molecule has 2 fully saturated rings. The maximum absolute atomic E-state index is 12.4. The fourth-order valence-corrected chi connectivity index (χ4v) is 3.27. The Labute approximate surface area is 129 Å². The lowest BCUT2D eigenvalue weighted by molar-refractivity contribution is -0.174. The van der Waals surface area contributed by atoms with Crippen LogP contribution in [0.3, 0.4) is 0 Å². The van der Waals surface area contributed by atoms with Crippen molar-refractivity contribution in [3.63, 3.8) is 0 Å². The zero-order valence-corrected chi connectivity index (χ0v) is 13.2. The topological polar surface area (TPSA) is 38.8 Å². The van der Waals surface area contributed by atoms with Crippen LogP contribution in [0.25, 0.3) is 0 Å². The Morgan fingerprint density at radius 1 is 1.00 bits per heavy atom. The van der Waals surface area contributed by atoms with E-state index in [1.807, 2.05) is 14.1 Å². The molecule has 2 aliphatic heterocycles. The molecule has 1 amide bonds. The molecule has 128 valence electrons. The molecular formula is C14H25F3N4O. The molecule has 0 aromatic heterocycles. The minimum atomic E-state index is -4.81. The number of rotatable bonds is 3. The van der Waals surface area contributed by atoms with Gasteiger partial charge < -0.3 is 15.1 Å². The molecule has 2 aliphatic rings. The van der Waals surface area contributed by atoms with Gasteiger partial charge >= 0.3 is 12.1 Å². The number of likely N-dealkylation sites (N-methyl/N-ethyl adjacent to an activating group) is 1. The first-order valence-corrected chi connectivity index (χ1v) is 7.70. The second-order valence-electron chi connectivity index (χ2n) is 6.50. The van der Waals surface area contributed by atoms with Gasteiger partial charge in [-0.15, -0.1) is 0 Å². The molecule has 2 rings (SSSR count). The van der Waals surface area contributed by atoms with E-state index in [9.17, 15) is 18.0 Å². The Bertz CT molecular complexity index is 386. The first kappa shape index (κ1) is 17.5. The number of halogens is 3. The zero-order valence-electron chi connectivity index (χ0n) is 13.2. The van der Waals surface area contributed by atoms with E-state index < -0.39 is 12.1 Å². The number of hydrogen-bond acceptors (Lipinski definition) is 4. The summed E-state index contributed by atoms with van der Waals surface area (Å²) in [7, 11) is 4.06. The van der Waals surface area contributed by atoms with Gasteiger partial charge in [-0.2, -0.15) is 13.2 Å². The predicted molar refractivity (Wildman–Crippen MR) is 77.6 cm³/mol. The van der Waals surface area contributed by atoms with Crippen molar-refractivity contribution in [1.29, 1.82) is 0 Å². The quantitative estimate of drug-likeness (QED) is 0.815. The number of nitrogens with zero attached hydrogens (tertiary/aromatic N) is 3. The number of alkyl halides is 3. The summed E-state index contributed by atoms with van der Waals surface area (Å²) in [6.45, 7) is 5.24. The number of amides is 1. The monoisotopic (exact) mass is 322 g/mol. The van der Waals surface area contributed by atoms with Crippen molar-refractivity contribution in [3.05, 3.63) is 0 Å². The number of piperazine rings is 1. The molecule has 5 nitrogen and oxygen atoms in total. The van der Waals surface area contributed by atoms with Gasteiger partial charge in [0.2, 0.25) is 0 Å². The van der Waals surface area contributed by atoms with Gasteiger partial charge in [0, 0.05) is 38.3 Å². The van der Waals surface area contributed by atoms with Crippen molar-refractivity contribution >= 4 is 5.91 Å². The summed E-state index contributed by atoms with van der Waals surface area (Å²) in [6.07, 6.45) is -3.24. The van der Waals surface area contributed by atoms with Crippen molar-refractivity contribution in [1.82, 2.24) is 20.0 Å². The summed E-state index contributed by atoms with van der Waals surface area (Å²) in [5.41, 5.74) is -0.352. The van der Waals surface area contributed by atoms with Crippen LogP contribution >= 0.6 is 0 Å². The van der Waals surface area contributed by atoms with Crippen molar-refractivity contribution in [3.8, 4) is 0 Å². The first-order chi connectivity index (χ1) is 10.2. The minimum Gasteiger partial charge on any atom is -0.346 e. The van der Waals surface area contributed by atoms with E-state index >= 15 is 0 Å². The van der Waals surface area contributed by atoms with Crippen molar-refractivity contribution in [2.75, 3.05) is 59.9 Å². The number of piperidine rings is 1. The molecule has 2 saturated heterocycles. The number of carbonyl (C=O) groups excluding carboxylic acids is 1. The second kappa shape index (κ2) is 6.72. The van der Waals surface area contributed by atoms with E-state index in [0.29, 0.717) is 0 Å². The maximum atomic E-state index is 12.4. The molecule has 0 unspecified atom stereocenters. The van der Waals surface area contributed by atoms with Crippen LogP contribution in [0.15, 0.2) is 0 Å². The Morgan fingerprint density at radius 3 is 2.00 bits per heavy atom. The summed E-state index contributed by atoms with van der Waals surface area (Å²) >= 11 is 0. The lowest BCUT2D eigenvalue weighted by Crippen LogP contribution is -2.64. The van der Waals surface area contributed by atoms with E-state index in [4.69, 9.17) is 0 Å². The second-order valence-corrected chi connectivity index (χ2v) is 6.50. The van der Waals surface area contributed by atoms with Crippen LogP contribution in [-0.4, -0.2) is 92.2 Å². The molecule has 0 aliphatic carbocycles. The molecule has 0 aromatic rings. The largest absolute Gasteiger partial charge is 0.471 e. The smallest absolute Gasteiger partial charge is 0.346 e. The number of hydrogen-bond donors (Lipinski definition) is 1. The van der Waals surface area contributed by atoms with E-state index in [-0.39, 0.29) is 12.1 Å². The normalized spacial score (nSPS) is 25.1. The van der Waals surface area contributed by atoms with Crippen LogP contribution in [0.5, 0.6) is 0 Å². The molecule has 0 bridgehead atoms. The van der Waals surface area contributed by atoms with Crippen molar-refractivity contribution < 1.29 is 18.0 Å². The van der Waals surface area contributed by atoms with Crippen molar-refractivity contribution in [2.24, 2.45) is 0 Å². The molecule has 1 N–H and O–H groups in total. The first-order valence-electron chi connectivity index (χ1n) is 7.70. The average Bonchev–Trinajstić information content (AvgIpc) is 2.46. The fraction of sp³-hybridized carbons (Fsp3) is 0.929. The number of likely N-dealkylation sites (tertiary alicyclic amines) is 1. The van der Waals surface area contributed by atoms with E-state index in [0.717, 1.165) is 52.1 Å². The highest BCUT2D eigenvalue weighted by atomic mass is 19.4. The lowest BCUT2D eigenvalue weighted by atomic mass is 9.85. The molecule has 8 heteroatoms. The van der Waals surface area contributed by atoms with Crippen LogP contribution in [-0.2, 0) is 4.79 Å². The van der Waals surface area contributed by atoms with Gasteiger partial charge in [0.25, 0.3) is 0 Å². The van der Waals surface area contributed by atoms with Gasteiger partial charge in [0.05, 0.1) is 0 Å². The SMILES string of the molecule is CN1CCN(C2(CNC(=O)C(F)(F)F)CCN(C)CC2)CC1. The molecule has 2 heterocycles. The maximum Gasteiger partial charge on any atom is 0.471 e. The summed E-state index contributed by atoms with van der Waals surface area (Å²) in [6, 6.07) is 0. The summed E-state index contributed by atoms with van der Waals surface area (Å²) < 4.78 is 37.3. The van der Waals surface area contributed by atoms with Gasteiger partial charge in [-0.25, -0.2) is 0 Å². The fourth-order valence-electron chi connectivity index (χ4n) is 3.27. The van der Waals surface area contributed by atoms with Crippen LogP contribution < -0.4 is 5.32 Å². The highest BCUT2D eigenvalue weighted by Gasteiger charge is 2.44. The zero-order chi connectivity index (χ0) is 16.4. The van der Waals surface area contributed by atoms with Gasteiger partial charge in [0.1, 0.15) is 0 Å². The minimum absolute atomic E-state index is 0.0723.